The standard InChI is InChI=1S/C14H14ClNO2/c1-14(2,3)16-11-10(12(17)13(11)18)8-4-6-9(15)7-5-8/h4-7,16H,1-3H3. The van der Waals surface area contributed by atoms with Gasteiger partial charge in [-0.15, -0.1) is 0 Å². The molecule has 2 aromatic rings. The monoisotopic (exact) mass is 263 g/mol. The van der Waals surface area contributed by atoms with Crippen molar-refractivity contribution in [2.45, 2.75) is 26.3 Å². The summed E-state index contributed by atoms with van der Waals surface area (Å²) in [6.07, 6.45) is 0. The Labute approximate surface area is 110 Å². The number of hydrogen-bond acceptors (Lipinski definition) is 3. The van der Waals surface area contributed by atoms with Crippen molar-refractivity contribution < 1.29 is 0 Å². The highest BCUT2D eigenvalue weighted by Crippen LogP contribution is 2.26. The summed E-state index contributed by atoms with van der Waals surface area (Å²) in [5, 5.41) is 3.68. The van der Waals surface area contributed by atoms with Gasteiger partial charge in [0.15, 0.2) is 0 Å². The first-order chi connectivity index (χ1) is 8.29. The lowest BCUT2D eigenvalue weighted by molar-refractivity contribution is 0.632. The van der Waals surface area contributed by atoms with Crippen molar-refractivity contribution in [1.82, 2.24) is 0 Å². The largest absolute Gasteiger partial charge is 0.377 e. The molecule has 4 heteroatoms. The van der Waals surface area contributed by atoms with Crippen molar-refractivity contribution in [3.8, 4) is 11.1 Å². The lowest BCUT2D eigenvalue weighted by Crippen LogP contribution is -2.41. The Balaban J connectivity index is 2.47. The maximum absolute atomic E-state index is 11.7. The predicted octanol–water partition coefficient (Wildman–Crippen LogP) is 2.81. The molecule has 2 rings (SSSR count). The molecule has 0 amide bonds. The van der Waals surface area contributed by atoms with Crippen LogP contribution >= 0.6 is 11.6 Å². The highest BCUT2D eigenvalue weighted by atomic mass is 35.5. The third kappa shape index (κ3) is 2.31. The van der Waals surface area contributed by atoms with E-state index in [1.165, 1.54) is 0 Å². The normalized spacial score (nSPS) is 11.8. The van der Waals surface area contributed by atoms with Crippen LogP contribution in [0.1, 0.15) is 20.8 Å². The molecule has 94 valence electrons. The molecular weight excluding hydrogens is 250 g/mol. The molecule has 18 heavy (non-hydrogen) atoms. The van der Waals surface area contributed by atoms with Gasteiger partial charge in [-0.3, -0.25) is 9.59 Å². The molecule has 0 aromatic heterocycles. The van der Waals surface area contributed by atoms with E-state index in [0.717, 1.165) is 5.56 Å². The molecule has 0 saturated carbocycles. The minimum atomic E-state index is -0.449. The van der Waals surface area contributed by atoms with Gasteiger partial charge in [0.25, 0.3) is 0 Å². The average molecular weight is 264 g/mol. The van der Waals surface area contributed by atoms with E-state index in [1.54, 1.807) is 24.3 Å². The molecule has 0 aliphatic carbocycles. The summed E-state index contributed by atoms with van der Waals surface area (Å²) in [6, 6.07) is 6.89. The van der Waals surface area contributed by atoms with Crippen LogP contribution in [0, 0.1) is 0 Å². The van der Waals surface area contributed by atoms with E-state index in [1.807, 2.05) is 20.8 Å². The fourth-order valence-corrected chi connectivity index (χ4v) is 1.90. The van der Waals surface area contributed by atoms with Gasteiger partial charge in [0, 0.05) is 10.6 Å². The smallest absolute Gasteiger partial charge is 0.250 e. The molecule has 0 atom stereocenters. The van der Waals surface area contributed by atoms with Crippen LogP contribution in [0.3, 0.4) is 0 Å². The van der Waals surface area contributed by atoms with Gasteiger partial charge in [-0.1, -0.05) is 23.7 Å². The molecule has 0 bridgehead atoms. The third-order valence-corrected chi connectivity index (χ3v) is 2.80. The van der Waals surface area contributed by atoms with Crippen molar-refractivity contribution in [1.29, 1.82) is 0 Å². The van der Waals surface area contributed by atoms with Gasteiger partial charge in [-0.2, -0.15) is 0 Å². The number of rotatable bonds is 2. The van der Waals surface area contributed by atoms with E-state index in [0.29, 0.717) is 16.3 Å². The molecule has 2 aromatic carbocycles. The number of anilines is 1. The van der Waals surface area contributed by atoms with Crippen LogP contribution in [0.15, 0.2) is 33.9 Å². The Morgan fingerprint density at radius 3 is 2.06 bits per heavy atom. The Morgan fingerprint density at radius 2 is 1.56 bits per heavy atom. The summed E-state index contributed by atoms with van der Waals surface area (Å²) in [7, 11) is 0. The molecule has 0 saturated heterocycles. The minimum absolute atomic E-state index is 0.261. The highest BCUT2D eigenvalue weighted by molar-refractivity contribution is 6.30. The van der Waals surface area contributed by atoms with Gasteiger partial charge in [0.05, 0.1) is 11.3 Å². The van der Waals surface area contributed by atoms with Gasteiger partial charge in [0.1, 0.15) is 0 Å². The molecular formula is C14H14ClNO2. The second-order valence-electron chi connectivity index (χ2n) is 5.29. The molecule has 0 aliphatic rings. The summed E-state index contributed by atoms with van der Waals surface area (Å²) in [5.41, 5.74) is 0.416. The minimum Gasteiger partial charge on any atom is -0.377 e. The van der Waals surface area contributed by atoms with Crippen LogP contribution in [0.2, 0.25) is 5.02 Å². The zero-order valence-electron chi connectivity index (χ0n) is 10.5. The predicted molar refractivity (Wildman–Crippen MR) is 75.2 cm³/mol. The topological polar surface area (TPSA) is 46.2 Å². The highest BCUT2D eigenvalue weighted by Gasteiger charge is 2.25. The fraction of sp³-hybridized carbons (Fsp3) is 0.286. The quantitative estimate of drug-likeness (QED) is 0.848. The summed E-state index contributed by atoms with van der Waals surface area (Å²) in [4.78, 5) is 23.3. The first-order valence-electron chi connectivity index (χ1n) is 5.67. The van der Waals surface area contributed by atoms with E-state index < -0.39 is 10.9 Å². The Bertz CT molecular complexity index is 644. The fourth-order valence-electron chi connectivity index (χ4n) is 1.78. The molecule has 0 fully saturated rings. The van der Waals surface area contributed by atoms with Crippen LogP contribution in [0.5, 0.6) is 0 Å². The zero-order chi connectivity index (χ0) is 13.5. The van der Waals surface area contributed by atoms with Crippen LogP contribution in [0.4, 0.5) is 5.69 Å². The molecule has 0 heterocycles. The van der Waals surface area contributed by atoms with Crippen LogP contribution < -0.4 is 16.2 Å². The van der Waals surface area contributed by atoms with Crippen molar-refractivity contribution in [3.05, 3.63) is 49.7 Å². The lowest BCUT2D eigenvalue weighted by atomic mass is 9.96. The van der Waals surface area contributed by atoms with Gasteiger partial charge in [-0.05, 0) is 38.5 Å². The van der Waals surface area contributed by atoms with Gasteiger partial charge in [0.2, 0.25) is 10.9 Å². The SMILES string of the molecule is CC(C)(C)Nc1c(-c2ccc(Cl)cc2)c(=O)c1=O. The van der Waals surface area contributed by atoms with E-state index in [9.17, 15) is 9.59 Å². The maximum atomic E-state index is 11.7. The van der Waals surface area contributed by atoms with E-state index in [4.69, 9.17) is 11.6 Å². The first kappa shape index (κ1) is 12.8. The van der Waals surface area contributed by atoms with Crippen molar-refractivity contribution in [2.75, 3.05) is 5.32 Å². The average Bonchev–Trinajstić information content (AvgIpc) is 2.29. The second-order valence-corrected chi connectivity index (χ2v) is 5.73. The number of nitrogens with one attached hydrogen (secondary N) is 1. The van der Waals surface area contributed by atoms with Gasteiger partial charge < -0.3 is 5.32 Å². The van der Waals surface area contributed by atoms with Crippen LogP contribution in [0.25, 0.3) is 11.1 Å². The third-order valence-electron chi connectivity index (χ3n) is 2.54. The van der Waals surface area contributed by atoms with Crippen LogP contribution in [-0.2, 0) is 0 Å². The van der Waals surface area contributed by atoms with Crippen molar-refractivity contribution in [2.24, 2.45) is 0 Å². The summed E-state index contributed by atoms with van der Waals surface area (Å²) in [5.74, 6) is 0. The molecule has 0 spiro atoms. The Kier molecular flexibility index (Phi) is 3.03. The zero-order valence-corrected chi connectivity index (χ0v) is 11.3. The van der Waals surface area contributed by atoms with Crippen molar-refractivity contribution >= 4 is 17.3 Å². The van der Waals surface area contributed by atoms with E-state index in [2.05, 4.69) is 5.32 Å². The number of benzene rings is 1. The Hall–Kier alpha value is -1.61. The summed E-state index contributed by atoms with van der Waals surface area (Å²) in [6.45, 7) is 5.82. The summed E-state index contributed by atoms with van der Waals surface area (Å²) >= 11 is 5.80. The second kappa shape index (κ2) is 4.25. The maximum Gasteiger partial charge on any atom is 0.250 e. The molecule has 0 unspecified atom stereocenters. The lowest BCUT2D eigenvalue weighted by Gasteiger charge is -2.24. The van der Waals surface area contributed by atoms with Gasteiger partial charge >= 0.3 is 0 Å². The number of halogens is 1. The molecule has 3 nitrogen and oxygen atoms in total. The van der Waals surface area contributed by atoms with E-state index in [-0.39, 0.29) is 5.54 Å². The van der Waals surface area contributed by atoms with E-state index >= 15 is 0 Å². The van der Waals surface area contributed by atoms with Crippen molar-refractivity contribution in [3.63, 3.8) is 0 Å². The Morgan fingerprint density at radius 1 is 1.00 bits per heavy atom. The molecule has 1 N–H and O–H groups in total. The first-order valence-corrected chi connectivity index (χ1v) is 6.05. The van der Waals surface area contributed by atoms with Crippen LogP contribution in [-0.4, -0.2) is 5.54 Å². The summed E-state index contributed by atoms with van der Waals surface area (Å²) < 4.78 is 0. The molecule has 0 aliphatic heterocycles. The molecule has 0 radical (unpaired) electrons. The number of hydrogen-bond donors (Lipinski definition) is 1. The van der Waals surface area contributed by atoms with Gasteiger partial charge in [-0.25, -0.2) is 0 Å².